The Labute approximate surface area is 158 Å². The van der Waals surface area contributed by atoms with Gasteiger partial charge in [-0.25, -0.2) is 4.39 Å². The molecule has 1 atom stereocenters. The highest BCUT2D eigenvalue weighted by Gasteiger charge is 2.18. The molecule has 1 unspecified atom stereocenters. The largest absolute Gasteiger partial charge is 0.321 e. The van der Waals surface area contributed by atoms with Gasteiger partial charge in [0.1, 0.15) is 5.82 Å². The average Bonchev–Trinajstić information content (AvgIpc) is 3.22. The Kier molecular flexibility index (Phi) is 4.96. The van der Waals surface area contributed by atoms with Gasteiger partial charge in [0.25, 0.3) is 0 Å². The fourth-order valence-electron chi connectivity index (χ4n) is 2.59. The predicted molar refractivity (Wildman–Crippen MR) is 102 cm³/mol. The lowest BCUT2D eigenvalue weighted by atomic mass is 10.1. The van der Waals surface area contributed by atoms with Gasteiger partial charge in [0.2, 0.25) is 4.96 Å². The normalized spacial score (nSPS) is 12.5. The molecule has 0 bridgehead atoms. The molecule has 0 aliphatic heterocycles. The number of nitrogens with zero attached hydrogens (tertiary/aromatic N) is 4. The second kappa shape index (κ2) is 7.53. The van der Waals surface area contributed by atoms with Gasteiger partial charge in [-0.05, 0) is 29.7 Å². The van der Waals surface area contributed by atoms with Crippen LogP contribution in [0.5, 0.6) is 0 Å². The molecule has 0 fully saturated rings. The molecule has 2 aromatic carbocycles. The van der Waals surface area contributed by atoms with Crippen molar-refractivity contribution >= 4 is 28.1 Å². The minimum atomic E-state index is -0.274. The van der Waals surface area contributed by atoms with Gasteiger partial charge in [0, 0.05) is 5.75 Å². The maximum atomic E-state index is 13.0. The minimum Gasteiger partial charge on any atom is -0.321 e. The molecular weight excluding hydrogens is 369 g/mol. The quantitative estimate of drug-likeness (QED) is 0.511. The summed E-state index contributed by atoms with van der Waals surface area (Å²) in [6, 6.07) is 16.3. The molecule has 2 N–H and O–H groups in total. The first-order chi connectivity index (χ1) is 12.7. The van der Waals surface area contributed by atoms with Gasteiger partial charge in [-0.2, -0.15) is 4.52 Å². The van der Waals surface area contributed by atoms with E-state index in [4.69, 9.17) is 5.73 Å². The smallest absolute Gasteiger partial charge is 0.235 e. The monoisotopic (exact) mass is 385 g/mol. The van der Waals surface area contributed by atoms with Gasteiger partial charge < -0.3 is 5.73 Å². The number of halogens is 1. The van der Waals surface area contributed by atoms with E-state index in [1.807, 2.05) is 30.3 Å². The standard InChI is InChI=1S/C18H16FN5S2/c19-14-8-6-13(7-9-14)11-25-18-23-24-16(21-22-17(24)26-18)15(20)10-12-4-2-1-3-5-12/h1-9,15H,10-11,20H2. The minimum absolute atomic E-state index is 0.227. The van der Waals surface area contributed by atoms with Crippen LogP contribution in [0.2, 0.25) is 0 Å². The van der Waals surface area contributed by atoms with Crippen molar-refractivity contribution in [3.05, 3.63) is 77.4 Å². The van der Waals surface area contributed by atoms with E-state index in [-0.39, 0.29) is 11.9 Å². The summed E-state index contributed by atoms with van der Waals surface area (Å²) < 4.78 is 15.6. The van der Waals surface area contributed by atoms with Crippen LogP contribution in [0.3, 0.4) is 0 Å². The zero-order valence-corrected chi connectivity index (χ0v) is 15.4. The van der Waals surface area contributed by atoms with E-state index in [0.717, 1.165) is 26.2 Å². The van der Waals surface area contributed by atoms with Crippen molar-refractivity contribution in [1.82, 2.24) is 19.8 Å². The van der Waals surface area contributed by atoms with Crippen molar-refractivity contribution in [3.8, 4) is 0 Å². The molecule has 0 aliphatic carbocycles. The molecule has 0 radical (unpaired) electrons. The number of hydrogen-bond acceptors (Lipinski definition) is 6. The van der Waals surface area contributed by atoms with Crippen LogP contribution in [-0.2, 0) is 12.2 Å². The molecule has 0 saturated heterocycles. The third-order valence-corrected chi connectivity index (χ3v) is 6.01. The Morgan fingerprint density at radius 1 is 1.04 bits per heavy atom. The van der Waals surface area contributed by atoms with Gasteiger partial charge in [-0.1, -0.05) is 65.6 Å². The summed E-state index contributed by atoms with van der Waals surface area (Å²) in [5.74, 6) is 1.15. The molecule has 26 heavy (non-hydrogen) atoms. The molecule has 8 heteroatoms. The maximum Gasteiger partial charge on any atom is 0.235 e. The van der Waals surface area contributed by atoms with Gasteiger partial charge in [-0.15, -0.1) is 15.3 Å². The highest BCUT2D eigenvalue weighted by atomic mass is 32.2. The van der Waals surface area contributed by atoms with Crippen LogP contribution in [0.1, 0.15) is 23.0 Å². The second-order valence-corrected chi connectivity index (χ2v) is 8.01. The summed E-state index contributed by atoms with van der Waals surface area (Å²) in [6.07, 6.45) is 0.678. The molecule has 5 nitrogen and oxygen atoms in total. The lowest BCUT2D eigenvalue weighted by molar-refractivity contribution is 0.627. The lowest BCUT2D eigenvalue weighted by Gasteiger charge is -2.08. The fourth-order valence-corrected chi connectivity index (χ4v) is 4.43. The van der Waals surface area contributed by atoms with E-state index in [9.17, 15) is 4.39 Å². The topological polar surface area (TPSA) is 69.1 Å². The average molecular weight is 385 g/mol. The van der Waals surface area contributed by atoms with E-state index in [0.29, 0.717) is 12.2 Å². The Balaban J connectivity index is 1.48. The van der Waals surface area contributed by atoms with E-state index in [2.05, 4.69) is 15.3 Å². The van der Waals surface area contributed by atoms with Crippen molar-refractivity contribution in [1.29, 1.82) is 0 Å². The SMILES string of the molecule is NC(Cc1ccccc1)c1nnc2sc(SCc3ccc(F)cc3)nn12. The van der Waals surface area contributed by atoms with Gasteiger partial charge in [-0.3, -0.25) is 0 Å². The number of fused-ring (bicyclic) bond motifs is 1. The van der Waals surface area contributed by atoms with Crippen molar-refractivity contribution < 1.29 is 4.39 Å². The molecular formula is C18H16FN5S2. The summed E-state index contributed by atoms with van der Waals surface area (Å²) in [5, 5.41) is 13.0. The van der Waals surface area contributed by atoms with Gasteiger partial charge >= 0.3 is 0 Å². The number of rotatable bonds is 6. The highest BCUT2D eigenvalue weighted by molar-refractivity contribution is 8.00. The van der Waals surface area contributed by atoms with Crippen LogP contribution < -0.4 is 5.73 Å². The van der Waals surface area contributed by atoms with E-state index >= 15 is 0 Å². The number of thioether (sulfide) groups is 1. The highest BCUT2D eigenvalue weighted by Crippen LogP contribution is 2.28. The Morgan fingerprint density at radius 3 is 2.58 bits per heavy atom. The van der Waals surface area contributed by atoms with Gasteiger partial charge in [0.15, 0.2) is 10.2 Å². The van der Waals surface area contributed by atoms with E-state index < -0.39 is 0 Å². The molecule has 4 aromatic rings. The van der Waals surface area contributed by atoms with E-state index in [1.54, 1.807) is 28.4 Å². The molecule has 2 aromatic heterocycles. The zero-order valence-electron chi connectivity index (χ0n) is 13.7. The van der Waals surface area contributed by atoms with Crippen LogP contribution in [0.25, 0.3) is 4.96 Å². The second-order valence-electron chi connectivity index (χ2n) is 5.83. The summed E-state index contributed by atoms with van der Waals surface area (Å²) in [4.78, 5) is 0.727. The number of nitrogens with two attached hydrogens (primary N) is 1. The van der Waals surface area contributed by atoms with Crippen molar-refractivity contribution in [3.63, 3.8) is 0 Å². The van der Waals surface area contributed by atoms with Crippen LogP contribution in [0, 0.1) is 5.82 Å². The van der Waals surface area contributed by atoms with Crippen LogP contribution in [0.4, 0.5) is 4.39 Å². The lowest BCUT2D eigenvalue weighted by Crippen LogP contribution is -2.17. The molecule has 4 rings (SSSR count). The number of benzene rings is 2. The molecule has 132 valence electrons. The zero-order chi connectivity index (χ0) is 17.9. The first-order valence-corrected chi connectivity index (χ1v) is 9.88. The third kappa shape index (κ3) is 3.77. The number of aromatic nitrogens is 4. The summed E-state index contributed by atoms with van der Waals surface area (Å²) in [5.41, 5.74) is 8.52. The molecule has 0 saturated carbocycles. The summed E-state index contributed by atoms with van der Waals surface area (Å²) in [7, 11) is 0. The predicted octanol–water partition coefficient (Wildman–Crippen LogP) is 3.86. The van der Waals surface area contributed by atoms with Crippen molar-refractivity contribution in [2.75, 3.05) is 0 Å². The first kappa shape index (κ1) is 17.1. The van der Waals surface area contributed by atoms with Gasteiger partial charge in [0.05, 0.1) is 6.04 Å². The van der Waals surface area contributed by atoms with Crippen LogP contribution in [-0.4, -0.2) is 19.8 Å². The fraction of sp³-hybridized carbons (Fsp3) is 0.167. The molecule has 0 aliphatic rings. The Morgan fingerprint density at radius 2 is 1.81 bits per heavy atom. The van der Waals surface area contributed by atoms with Crippen molar-refractivity contribution in [2.45, 2.75) is 22.6 Å². The molecule has 2 heterocycles. The summed E-state index contributed by atoms with van der Waals surface area (Å²) in [6.45, 7) is 0. The Hall–Kier alpha value is -2.29. The first-order valence-electron chi connectivity index (χ1n) is 8.08. The summed E-state index contributed by atoms with van der Waals surface area (Å²) >= 11 is 3.07. The maximum absolute atomic E-state index is 13.0. The van der Waals surface area contributed by atoms with Crippen molar-refractivity contribution in [2.24, 2.45) is 5.73 Å². The Bertz CT molecular complexity index is 998. The third-order valence-electron chi connectivity index (χ3n) is 3.90. The van der Waals surface area contributed by atoms with Crippen LogP contribution in [0.15, 0.2) is 58.9 Å². The van der Waals surface area contributed by atoms with E-state index in [1.165, 1.54) is 23.5 Å². The molecule has 0 spiro atoms. The van der Waals surface area contributed by atoms with Crippen LogP contribution >= 0.6 is 23.1 Å². The molecule has 0 amide bonds. The number of hydrogen-bond donors (Lipinski definition) is 1.